The van der Waals surface area contributed by atoms with E-state index in [1.54, 1.807) is 0 Å². The number of hydrogen-bond donors (Lipinski definition) is 1. The SMILES string of the molecule is O=C(O)CSc1nc2cc(Cl)ccc2n1CCC1CC1. The van der Waals surface area contributed by atoms with Crippen LogP contribution in [0.1, 0.15) is 19.3 Å². The summed E-state index contributed by atoms with van der Waals surface area (Å²) >= 11 is 7.26. The molecule has 1 saturated carbocycles. The molecule has 0 radical (unpaired) electrons. The Kier molecular flexibility index (Phi) is 3.89. The lowest BCUT2D eigenvalue weighted by Gasteiger charge is -2.07. The quantitative estimate of drug-likeness (QED) is 0.827. The van der Waals surface area contributed by atoms with Gasteiger partial charge < -0.3 is 9.67 Å². The standard InChI is InChI=1S/C14H15ClN2O2S/c15-10-3-4-12-11(7-10)16-14(20-8-13(18)19)17(12)6-5-9-1-2-9/h3-4,7,9H,1-2,5-6,8H2,(H,18,19). The van der Waals surface area contributed by atoms with Gasteiger partial charge in [-0.3, -0.25) is 4.79 Å². The molecule has 1 aromatic carbocycles. The Morgan fingerprint density at radius 3 is 3.00 bits per heavy atom. The van der Waals surface area contributed by atoms with Gasteiger partial charge in [0.25, 0.3) is 0 Å². The number of rotatable bonds is 6. The second kappa shape index (κ2) is 5.66. The number of imidazole rings is 1. The average Bonchev–Trinajstić information content (AvgIpc) is 3.16. The van der Waals surface area contributed by atoms with Crippen molar-refractivity contribution < 1.29 is 9.90 Å². The van der Waals surface area contributed by atoms with Gasteiger partial charge in [0.2, 0.25) is 0 Å². The van der Waals surface area contributed by atoms with Gasteiger partial charge in [0, 0.05) is 11.6 Å². The van der Waals surface area contributed by atoms with Crippen LogP contribution in [0.5, 0.6) is 0 Å². The monoisotopic (exact) mass is 310 g/mol. The summed E-state index contributed by atoms with van der Waals surface area (Å²) in [6, 6.07) is 5.64. The van der Waals surface area contributed by atoms with Crippen molar-refractivity contribution in [2.45, 2.75) is 31.0 Å². The number of carboxylic acid groups (broad SMARTS) is 1. The highest BCUT2D eigenvalue weighted by Crippen LogP contribution is 2.34. The van der Waals surface area contributed by atoms with Crippen LogP contribution in [-0.4, -0.2) is 26.4 Å². The number of carbonyl (C=O) groups is 1. The number of hydrogen-bond acceptors (Lipinski definition) is 3. The highest BCUT2D eigenvalue weighted by atomic mass is 35.5. The molecule has 1 fully saturated rings. The normalized spacial score (nSPS) is 14.8. The Hall–Kier alpha value is -1.20. The van der Waals surface area contributed by atoms with Crippen molar-refractivity contribution in [1.29, 1.82) is 0 Å². The number of halogens is 1. The first kappa shape index (κ1) is 13.8. The van der Waals surface area contributed by atoms with Crippen LogP contribution in [-0.2, 0) is 11.3 Å². The zero-order valence-electron chi connectivity index (χ0n) is 10.9. The van der Waals surface area contributed by atoms with Gasteiger partial charge in [0.05, 0.1) is 16.8 Å². The second-order valence-corrected chi connectivity index (χ2v) is 6.47. The molecule has 0 aliphatic heterocycles. The molecule has 0 amide bonds. The molecule has 6 heteroatoms. The Bertz CT molecular complexity index is 652. The molecule has 0 atom stereocenters. The molecule has 4 nitrogen and oxygen atoms in total. The minimum Gasteiger partial charge on any atom is -0.481 e. The van der Waals surface area contributed by atoms with Gasteiger partial charge in [-0.15, -0.1) is 0 Å². The van der Waals surface area contributed by atoms with Crippen LogP contribution in [0.25, 0.3) is 11.0 Å². The Balaban J connectivity index is 1.91. The topological polar surface area (TPSA) is 55.1 Å². The summed E-state index contributed by atoms with van der Waals surface area (Å²) in [6.07, 6.45) is 3.76. The van der Waals surface area contributed by atoms with E-state index in [1.807, 2.05) is 18.2 Å². The van der Waals surface area contributed by atoms with Crippen LogP contribution in [0.3, 0.4) is 0 Å². The first-order valence-electron chi connectivity index (χ1n) is 6.64. The van der Waals surface area contributed by atoms with E-state index in [-0.39, 0.29) is 5.75 Å². The van der Waals surface area contributed by atoms with Crippen molar-refractivity contribution >= 4 is 40.4 Å². The first-order chi connectivity index (χ1) is 9.63. The predicted octanol–water partition coefficient (Wildman–Crippen LogP) is 3.67. The fraction of sp³-hybridized carbons (Fsp3) is 0.429. The Morgan fingerprint density at radius 1 is 1.50 bits per heavy atom. The number of thioether (sulfide) groups is 1. The second-order valence-electron chi connectivity index (χ2n) is 5.09. The summed E-state index contributed by atoms with van der Waals surface area (Å²) in [5, 5.41) is 10.3. The van der Waals surface area contributed by atoms with Crippen molar-refractivity contribution in [3.05, 3.63) is 23.2 Å². The third kappa shape index (κ3) is 3.10. The van der Waals surface area contributed by atoms with Gasteiger partial charge in [0.1, 0.15) is 0 Å². The molecular formula is C14H15ClN2O2S. The van der Waals surface area contributed by atoms with E-state index in [1.165, 1.54) is 24.6 Å². The lowest BCUT2D eigenvalue weighted by atomic mass is 10.3. The molecule has 1 aliphatic rings. The molecule has 1 N–H and O–H groups in total. The van der Waals surface area contributed by atoms with Gasteiger partial charge in [-0.25, -0.2) is 4.98 Å². The summed E-state index contributed by atoms with van der Waals surface area (Å²) < 4.78 is 2.12. The molecule has 1 heterocycles. The minimum absolute atomic E-state index is 0.0283. The molecule has 20 heavy (non-hydrogen) atoms. The van der Waals surface area contributed by atoms with E-state index >= 15 is 0 Å². The number of aromatic nitrogens is 2. The molecule has 0 spiro atoms. The highest BCUT2D eigenvalue weighted by molar-refractivity contribution is 7.99. The van der Waals surface area contributed by atoms with Crippen molar-refractivity contribution in [2.24, 2.45) is 5.92 Å². The van der Waals surface area contributed by atoms with Crippen LogP contribution in [0.2, 0.25) is 5.02 Å². The molecule has 1 aliphatic carbocycles. The number of benzene rings is 1. The van der Waals surface area contributed by atoms with Crippen molar-refractivity contribution in [3.8, 4) is 0 Å². The van der Waals surface area contributed by atoms with E-state index in [0.29, 0.717) is 5.02 Å². The number of aryl methyl sites for hydroxylation is 1. The van der Waals surface area contributed by atoms with Crippen molar-refractivity contribution in [2.75, 3.05) is 5.75 Å². The van der Waals surface area contributed by atoms with Crippen LogP contribution >= 0.6 is 23.4 Å². The zero-order chi connectivity index (χ0) is 14.1. The van der Waals surface area contributed by atoms with E-state index in [4.69, 9.17) is 16.7 Å². The largest absolute Gasteiger partial charge is 0.481 e. The molecule has 3 rings (SSSR count). The summed E-state index contributed by atoms with van der Waals surface area (Å²) in [6.45, 7) is 0.894. The molecule has 1 aromatic heterocycles. The highest BCUT2D eigenvalue weighted by Gasteiger charge is 2.22. The number of fused-ring (bicyclic) bond motifs is 1. The predicted molar refractivity (Wildman–Crippen MR) is 80.4 cm³/mol. The van der Waals surface area contributed by atoms with Crippen LogP contribution in [0.4, 0.5) is 0 Å². The van der Waals surface area contributed by atoms with Gasteiger partial charge >= 0.3 is 5.97 Å². The van der Waals surface area contributed by atoms with Gasteiger partial charge in [-0.05, 0) is 30.5 Å². The smallest absolute Gasteiger partial charge is 0.313 e. The molecule has 0 saturated heterocycles. The average molecular weight is 311 g/mol. The maximum absolute atomic E-state index is 10.8. The third-order valence-electron chi connectivity index (χ3n) is 3.46. The zero-order valence-corrected chi connectivity index (χ0v) is 12.5. The third-order valence-corrected chi connectivity index (χ3v) is 4.65. The Morgan fingerprint density at radius 2 is 2.30 bits per heavy atom. The lowest BCUT2D eigenvalue weighted by molar-refractivity contribution is -0.133. The first-order valence-corrected chi connectivity index (χ1v) is 8.00. The maximum atomic E-state index is 10.8. The van der Waals surface area contributed by atoms with Gasteiger partial charge in [0.15, 0.2) is 5.16 Å². The van der Waals surface area contributed by atoms with E-state index in [2.05, 4.69) is 9.55 Å². The fourth-order valence-electron chi connectivity index (χ4n) is 2.25. The summed E-state index contributed by atoms with van der Waals surface area (Å²) in [4.78, 5) is 15.3. The number of aliphatic carboxylic acids is 1. The molecular weight excluding hydrogens is 296 g/mol. The molecule has 0 bridgehead atoms. The lowest BCUT2D eigenvalue weighted by Crippen LogP contribution is -2.04. The van der Waals surface area contributed by atoms with E-state index < -0.39 is 5.97 Å². The summed E-state index contributed by atoms with van der Waals surface area (Å²) in [5.74, 6) is 0.0337. The van der Waals surface area contributed by atoms with Gasteiger partial charge in [-0.1, -0.05) is 36.2 Å². The van der Waals surface area contributed by atoms with Crippen LogP contribution < -0.4 is 0 Å². The summed E-state index contributed by atoms with van der Waals surface area (Å²) in [7, 11) is 0. The molecule has 106 valence electrons. The van der Waals surface area contributed by atoms with Crippen LogP contribution in [0.15, 0.2) is 23.4 Å². The summed E-state index contributed by atoms with van der Waals surface area (Å²) in [5.41, 5.74) is 1.86. The molecule has 0 unspecified atom stereocenters. The number of nitrogens with zero attached hydrogens (tertiary/aromatic N) is 2. The van der Waals surface area contributed by atoms with Crippen molar-refractivity contribution in [3.63, 3.8) is 0 Å². The van der Waals surface area contributed by atoms with Gasteiger partial charge in [-0.2, -0.15) is 0 Å². The fourth-order valence-corrected chi connectivity index (χ4v) is 3.18. The number of carboxylic acids is 1. The molecule has 2 aromatic rings. The maximum Gasteiger partial charge on any atom is 0.313 e. The minimum atomic E-state index is -0.825. The Labute approximate surface area is 126 Å². The van der Waals surface area contributed by atoms with Crippen LogP contribution in [0, 0.1) is 5.92 Å². The van der Waals surface area contributed by atoms with Crippen molar-refractivity contribution in [1.82, 2.24) is 9.55 Å². The van der Waals surface area contributed by atoms with E-state index in [9.17, 15) is 4.79 Å². The van der Waals surface area contributed by atoms with E-state index in [0.717, 1.165) is 35.1 Å².